The molecular formula is C18H26N2O4. The lowest BCUT2D eigenvalue weighted by Crippen LogP contribution is -2.44. The van der Waals surface area contributed by atoms with Crippen molar-refractivity contribution in [3.63, 3.8) is 0 Å². The maximum absolute atomic E-state index is 12.2. The Labute approximate surface area is 142 Å². The summed E-state index contributed by atoms with van der Waals surface area (Å²) in [4.78, 5) is 36.8. The molecule has 6 nitrogen and oxygen atoms in total. The highest BCUT2D eigenvalue weighted by molar-refractivity contribution is 5.96. The van der Waals surface area contributed by atoms with E-state index in [4.69, 9.17) is 5.11 Å². The molecule has 0 fully saturated rings. The standard InChI is InChI=1S/C18H26N2O4/c1-11(2)15(18(23)24)19-16(21)14-8-6-13(7-9-14)10-20(5)17(22)12(3)4/h6-9,11-12,15H,10H2,1-5H3,(H,19,21)(H,23,24)/t15-/m0/s1. The second-order valence-corrected chi connectivity index (χ2v) is 6.58. The van der Waals surface area contributed by atoms with Gasteiger partial charge >= 0.3 is 5.97 Å². The zero-order chi connectivity index (χ0) is 18.4. The Hall–Kier alpha value is -2.37. The quantitative estimate of drug-likeness (QED) is 0.800. The van der Waals surface area contributed by atoms with E-state index >= 15 is 0 Å². The van der Waals surface area contributed by atoms with Crippen molar-refractivity contribution in [1.29, 1.82) is 0 Å². The number of hydrogen-bond acceptors (Lipinski definition) is 3. The molecule has 0 bridgehead atoms. The minimum absolute atomic E-state index is 0.0538. The van der Waals surface area contributed by atoms with Crippen molar-refractivity contribution in [1.82, 2.24) is 10.2 Å². The highest BCUT2D eigenvalue weighted by Crippen LogP contribution is 2.10. The summed E-state index contributed by atoms with van der Waals surface area (Å²) in [6.07, 6.45) is 0. The number of carboxylic acid groups (broad SMARTS) is 1. The number of carbonyl (C=O) groups excluding carboxylic acids is 2. The Kier molecular flexibility index (Phi) is 6.95. The van der Waals surface area contributed by atoms with Crippen LogP contribution in [0.3, 0.4) is 0 Å². The molecule has 0 saturated heterocycles. The van der Waals surface area contributed by atoms with Gasteiger partial charge in [-0.25, -0.2) is 4.79 Å². The van der Waals surface area contributed by atoms with E-state index in [0.29, 0.717) is 12.1 Å². The van der Waals surface area contributed by atoms with E-state index in [9.17, 15) is 14.4 Å². The first-order valence-corrected chi connectivity index (χ1v) is 8.01. The van der Waals surface area contributed by atoms with Crippen molar-refractivity contribution in [3.05, 3.63) is 35.4 Å². The topological polar surface area (TPSA) is 86.7 Å². The molecule has 0 radical (unpaired) electrons. The minimum atomic E-state index is -1.05. The summed E-state index contributed by atoms with van der Waals surface area (Å²) < 4.78 is 0. The molecule has 6 heteroatoms. The summed E-state index contributed by atoms with van der Waals surface area (Å²) in [5, 5.41) is 11.6. The number of carboxylic acids is 1. The molecule has 0 heterocycles. The number of carbonyl (C=O) groups is 3. The van der Waals surface area contributed by atoms with Crippen molar-refractivity contribution in [2.45, 2.75) is 40.3 Å². The van der Waals surface area contributed by atoms with Gasteiger partial charge in [0.2, 0.25) is 5.91 Å². The first-order valence-electron chi connectivity index (χ1n) is 8.01. The molecule has 1 atom stereocenters. The number of nitrogens with zero attached hydrogens (tertiary/aromatic N) is 1. The Bertz CT molecular complexity index is 594. The largest absolute Gasteiger partial charge is 0.480 e. The maximum atomic E-state index is 12.2. The average Bonchev–Trinajstić information content (AvgIpc) is 2.51. The predicted molar refractivity (Wildman–Crippen MR) is 91.5 cm³/mol. The SMILES string of the molecule is CC(C)C(=O)N(C)Cc1ccc(C(=O)N[C@H](C(=O)O)C(C)C)cc1. The Morgan fingerprint density at radius 3 is 2.04 bits per heavy atom. The van der Waals surface area contributed by atoms with Crippen LogP contribution in [-0.4, -0.2) is 40.9 Å². The molecule has 0 spiro atoms. The van der Waals surface area contributed by atoms with Crippen LogP contribution < -0.4 is 5.32 Å². The molecule has 1 aromatic rings. The number of aliphatic carboxylic acids is 1. The van der Waals surface area contributed by atoms with Crippen molar-refractivity contribution < 1.29 is 19.5 Å². The molecule has 132 valence electrons. The van der Waals surface area contributed by atoms with Crippen LogP contribution in [0.15, 0.2) is 24.3 Å². The Morgan fingerprint density at radius 2 is 1.62 bits per heavy atom. The second kappa shape index (κ2) is 8.47. The minimum Gasteiger partial charge on any atom is -0.480 e. The number of amides is 2. The highest BCUT2D eigenvalue weighted by Gasteiger charge is 2.23. The summed E-state index contributed by atoms with van der Waals surface area (Å²) in [7, 11) is 1.74. The number of hydrogen-bond donors (Lipinski definition) is 2. The van der Waals surface area contributed by atoms with Crippen LogP contribution in [0.4, 0.5) is 0 Å². The molecule has 24 heavy (non-hydrogen) atoms. The van der Waals surface area contributed by atoms with E-state index < -0.39 is 17.9 Å². The van der Waals surface area contributed by atoms with Gasteiger partial charge in [0.05, 0.1) is 0 Å². The van der Waals surface area contributed by atoms with Crippen molar-refractivity contribution in [2.24, 2.45) is 11.8 Å². The molecular weight excluding hydrogens is 308 g/mol. The first-order chi connectivity index (χ1) is 11.1. The highest BCUT2D eigenvalue weighted by atomic mass is 16.4. The molecule has 1 rings (SSSR count). The number of nitrogens with one attached hydrogen (secondary N) is 1. The Morgan fingerprint density at radius 1 is 1.08 bits per heavy atom. The number of rotatable bonds is 7. The summed E-state index contributed by atoms with van der Waals surface area (Å²) >= 11 is 0. The van der Waals surface area contributed by atoms with Crippen LogP contribution in [0.25, 0.3) is 0 Å². The van der Waals surface area contributed by atoms with Gasteiger partial charge in [-0.3, -0.25) is 9.59 Å². The first kappa shape index (κ1) is 19.7. The monoisotopic (exact) mass is 334 g/mol. The molecule has 1 aromatic carbocycles. The van der Waals surface area contributed by atoms with Gasteiger partial charge in [-0.1, -0.05) is 39.8 Å². The third-order valence-corrected chi connectivity index (χ3v) is 3.73. The lowest BCUT2D eigenvalue weighted by Gasteiger charge is -2.20. The predicted octanol–water partition coefficient (Wildman–Crippen LogP) is 2.14. The summed E-state index contributed by atoms with van der Waals surface area (Å²) in [6.45, 7) is 7.63. The lowest BCUT2D eigenvalue weighted by atomic mass is 10.0. The van der Waals surface area contributed by atoms with Gasteiger partial charge in [0, 0.05) is 25.1 Å². The van der Waals surface area contributed by atoms with Crippen molar-refractivity contribution in [3.8, 4) is 0 Å². The van der Waals surface area contributed by atoms with E-state index in [2.05, 4.69) is 5.32 Å². The summed E-state index contributed by atoms with van der Waals surface area (Å²) in [5.41, 5.74) is 1.30. The van der Waals surface area contributed by atoms with E-state index in [1.165, 1.54) is 0 Å². The third kappa shape index (κ3) is 5.37. The fourth-order valence-corrected chi connectivity index (χ4v) is 2.29. The van der Waals surface area contributed by atoms with Crippen molar-refractivity contribution >= 4 is 17.8 Å². The molecule has 0 aliphatic heterocycles. The molecule has 0 unspecified atom stereocenters. The molecule has 2 N–H and O–H groups in total. The third-order valence-electron chi connectivity index (χ3n) is 3.73. The average molecular weight is 334 g/mol. The summed E-state index contributed by atoms with van der Waals surface area (Å²) in [6, 6.07) is 5.88. The van der Waals surface area contributed by atoms with Gasteiger partial charge in [-0.15, -0.1) is 0 Å². The van der Waals surface area contributed by atoms with E-state index in [0.717, 1.165) is 5.56 Å². The van der Waals surface area contributed by atoms with Gasteiger partial charge in [0.25, 0.3) is 5.91 Å². The van der Waals surface area contributed by atoms with Crippen LogP contribution in [0.1, 0.15) is 43.6 Å². The van der Waals surface area contributed by atoms with Crippen molar-refractivity contribution in [2.75, 3.05) is 7.05 Å². The maximum Gasteiger partial charge on any atom is 0.326 e. The van der Waals surface area contributed by atoms with Gasteiger partial charge in [0.1, 0.15) is 6.04 Å². The molecule has 0 aromatic heterocycles. The fourth-order valence-electron chi connectivity index (χ4n) is 2.29. The lowest BCUT2D eigenvalue weighted by molar-refractivity contribution is -0.140. The molecule has 0 aliphatic rings. The zero-order valence-corrected chi connectivity index (χ0v) is 14.9. The van der Waals surface area contributed by atoms with Crippen LogP contribution >= 0.6 is 0 Å². The zero-order valence-electron chi connectivity index (χ0n) is 14.9. The van der Waals surface area contributed by atoms with Gasteiger partial charge < -0.3 is 15.3 Å². The van der Waals surface area contributed by atoms with Gasteiger partial charge in [0.15, 0.2) is 0 Å². The summed E-state index contributed by atoms with van der Waals surface area (Å²) in [5.74, 6) is -1.69. The van der Waals surface area contributed by atoms with E-state index in [-0.39, 0.29) is 17.7 Å². The van der Waals surface area contributed by atoms with E-state index in [1.807, 2.05) is 13.8 Å². The van der Waals surface area contributed by atoms with Gasteiger partial charge in [-0.05, 0) is 23.6 Å². The van der Waals surface area contributed by atoms with Crippen LogP contribution in [0.2, 0.25) is 0 Å². The molecule has 2 amide bonds. The number of benzene rings is 1. The van der Waals surface area contributed by atoms with E-state index in [1.54, 1.807) is 50.1 Å². The fraction of sp³-hybridized carbons (Fsp3) is 0.500. The van der Waals surface area contributed by atoms with Gasteiger partial charge in [-0.2, -0.15) is 0 Å². The Balaban J connectivity index is 2.75. The van der Waals surface area contributed by atoms with Crippen LogP contribution in [0, 0.1) is 11.8 Å². The van der Waals surface area contributed by atoms with Crippen LogP contribution in [-0.2, 0) is 16.1 Å². The smallest absolute Gasteiger partial charge is 0.326 e. The van der Waals surface area contributed by atoms with Crippen LogP contribution in [0.5, 0.6) is 0 Å². The normalized spacial score (nSPS) is 12.1. The molecule has 0 saturated carbocycles. The molecule has 0 aliphatic carbocycles. The second-order valence-electron chi connectivity index (χ2n) is 6.58.